The molecule has 0 amide bonds. The summed E-state index contributed by atoms with van der Waals surface area (Å²) in [4.78, 5) is 11.4. The number of allylic oxidation sites excluding steroid dienone is 9. The summed E-state index contributed by atoms with van der Waals surface area (Å²) < 4.78 is 0. The Morgan fingerprint density at radius 2 is 1.67 bits per heavy atom. The van der Waals surface area contributed by atoms with Crippen molar-refractivity contribution in [3.05, 3.63) is 58.2 Å². The monoisotopic (exact) mass is 370 g/mol. The molecule has 1 aliphatic carbocycles. The van der Waals surface area contributed by atoms with Crippen LogP contribution in [0.2, 0.25) is 0 Å². The molecule has 0 aliphatic heterocycles. The van der Waals surface area contributed by atoms with Crippen molar-refractivity contribution in [3.63, 3.8) is 0 Å². The normalized spacial score (nSPS) is 20.7. The van der Waals surface area contributed by atoms with Gasteiger partial charge in [0.05, 0.1) is 0 Å². The van der Waals surface area contributed by atoms with E-state index in [-0.39, 0.29) is 0 Å². The second-order valence-corrected chi connectivity index (χ2v) is 8.15. The molecule has 1 aliphatic rings. The van der Waals surface area contributed by atoms with Gasteiger partial charge in [-0.3, -0.25) is 0 Å². The highest BCUT2D eigenvalue weighted by Crippen LogP contribution is 2.26. The molecule has 2 heteroatoms. The number of carbonyl (C=O) groups is 1. The Hall–Kier alpha value is -1.83. The number of hydrogen-bond donors (Lipinski definition) is 1. The third kappa shape index (κ3) is 10.2. The van der Waals surface area contributed by atoms with Gasteiger partial charge in [-0.2, -0.15) is 0 Å². The molecular formula is C25H38O2. The van der Waals surface area contributed by atoms with Crippen LogP contribution in [0.1, 0.15) is 86.0 Å². The summed E-state index contributed by atoms with van der Waals surface area (Å²) in [5, 5.41) is 9.36. The number of carboxylic acid groups (broad SMARTS) is 1. The first-order valence-electron chi connectivity index (χ1n) is 10.3. The van der Waals surface area contributed by atoms with Crippen LogP contribution in [0.4, 0.5) is 0 Å². The molecule has 2 nitrogen and oxygen atoms in total. The van der Waals surface area contributed by atoms with E-state index in [2.05, 4.69) is 58.9 Å². The minimum atomic E-state index is -0.771. The Kier molecular flexibility index (Phi) is 10.8. The number of carboxylic acids is 1. The van der Waals surface area contributed by atoms with Gasteiger partial charge < -0.3 is 5.11 Å². The van der Waals surface area contributed by atoms with Gasteiger partial charge >= 0.3 is 5.97 Å². The maximum Gasteiger partial charge on any atom is 0.331 e. The minimum Gasteiger partial charge on any atom is -0.478 e. The average molecular weight is 371 g/mol. The van der Waals surface area contributed by atoms with Crippen molar-refractivity contribution < 1.29 is 9.90 Å². The van der Waals surface area contributed by atoms with E-state index >= 15 is 0 Å². The molecule has 0 aromatic carbocycles. The van der Waals surface area contributed by atoms with E-state index in [4.69, 9.17) is 0 Å². The zero-order valence-corrected chi connectivity index (χ0v) is 18.0. The van der Waals surface area contributed by atoms with Crippen LogP contribution in [-0.2, 0) is 4.79 Å². The lowest BCUT2D eigenvalue weighted by molar-refractivity contribution is -0.132. The number of aliphatic carboxylic acids is 1. The molecule has 0 heterocycles. The van der Waals surface area contributed by atoms with Gasteiger partial charge in [0, 0.05) is 5.57 Å². The molecule has 0 aromatic rings. The molecule has 1 unspecified atom stereocenters. The summed E-state index contributed by atoms with van der Waals surface area (Å²) >= 11 is 0. The summed E-state index contributed by atoms with van der Waals surface area (Å²) in [6.07, 6.45) is 18.7. The Morgan fingerprint density at radius 3 is 2.33 bits per heavy atom. The summed E-state index contributed by atoms with van der Waals surface area (Å²) in [5.74, 6) is -0.186. The molecule has 1 rings (SSSR count). The maximum atomic E-state index is 11.4. The van der Waals surface area contributed by atoms with Crippen molar-refractivity contribution in [3.8, 4) is 0 Å². The maximum absolute atomic E-state index is 11.4. The van der Waals surface area contributed by atoms with E-state index in [1.54, 1.807) is 0 Å². The highest BCUT2D eigenvalue weighted by Gasteiger charge is 2.11. The fourth-order valence-electron chi connectivity index (χ4n) is 3.37. The van der Waals surface area contributed by atoms with Gasteiger partial charge in [-0.05, 0) is 91.9 Å². The molecule has 150 valence electrons. The van der Waals surface area contributed by atoms with Gasteiger partial charge in [0.2, 0.25) is 0 Å². The zero-order chi connectivity index (χ0) is 20.2. The summed E-state index contributed by atoms with van der Waals surface area (Å²) in [6, 6.07) is 0. The topological polar surface area (TPSA) is 37.3 Å². The smallest absolute Gasteiger partial charge is 0.331 e. The first-order chi connectivity index (χ1) is 12.8. The van der Waals surface area contributed by atoms with Crippen LogP contribution < -0.4 is 0 Å². The molecule has 1 atom stereocenters. The first kappa shape index (κ1) is 23.2. The lowest BCUT2D eigenvalue weighted by atomic mass is 9.88. The number of rotatable bonds is 4. The van der Waals surface area contributed by atoms with Gasteiger partial charge in [0.1, 0.15) is 0 Å². The molecule has 27 heavy (non-hydrogen) atoms. The second-order valence-electron chi connectivity index (χ2n) is 8.15. The standard InChI is InChI=1S/C25H38O2/c1-19(2)9-6-12-22(5)23-17-15-20(3)10-7-13-24(25(26)27)14-8-11-21(4)16-18-23/h9-10,12,14,16,23H,6-8,11,13,15,17-18H2,1-5H3,(H,26,27). The van der Waals surface area contributed by atoms with Crippen molar-refractivity contribution in [2.24, 2.45) is 5.92 Å². The Bertz CT molecular complexity index is 637. The molecule has 0 aromatic heterocycles. The molecule has 1 N–H and O–H groups in total. The molecule has 0 bridgehead atoms. The highest BCUT2D eigenvalue weighted by atomic mass is 16.4. The highest BCUT2D eigenvalue weighted by molar-refractivity contribution is 5.86. The van der Waals surface area contributed by atoms with E-state index in [1.807, 2.05) is 6.08 Å². The molecule has 0 radical (unpaired) electrons. The van der Waals surface area contributed by atoms with Crippen molar-refractivity contribution in [1.82, 2.24) is 0 Å². The summed E-state index contributed by atoms with van der Waals surface area (Å²) in [5.41, 5.74) is 6.15. The van der Waals surface area contributed by atoms with Gasteiger partial charge in [-0.1, -0.05) is 52.7 Å². The Balaban J connectivity index is 2.93. The second kappa shape index (κ2) is 12.5. The van der Waals surface area contributed by atoms with Gasteiger partial charge in [-0.25, -0.2) is 4.79 Å². The van der Waals surface area contributed by atoms with E-state index in [0.717, 1.165) is 44.9 Å². The van der Waals surface area contributed by atoms with Crippen LogP contribution in [0.3, 0.4) is 0 Å². The molecular weight excluding hydrogens is 332 g/mol. The summed E-state index contributed by atoms with van der Waals surface area (Å²) in [6.45, 7) is 10.9. The number of hydrogen-bond acceptors (Lipinski definition) is 1. The van der Waals surface area contributed by atoms with Crippen LogP contribution in [0.15, 0.2) is 58.2 Å². The Labute approximate surface area is 166 Å². The first-order valence-corrected chi connectivity index (χ1v) is 10.3. The van der Waals surface area contributed by atoms with Crippen LogP contribution in [0.5, 0.6) is 0 Å². The lowest BCUT2D eigenvalue weighted by Crippen LogP contribution is -2.03. The van der Waals surface area contributed by atoms with Crippen molar-refractivity contribution in [2.75, 3.05) is 0 Å². The van der Waals surface area contributed by atoms with Crippen LogP contribution in [-0.4, -0.2) is 11.1 Å². The minimum absolute atomic E-state index is 0.555. The quantitative estimate of drug-likeness (QED) is 0.519. The molecule has 0 spiro atoms. The van der Waals surface area contributed by atoms with E-state index in [1.165, 1.54) is 22.3 Å². The molecule has 0 saturated heterocycles. The van der Waals surface area contributed by atoms with Crippen molar-refractivity contribution >= 4 is 5.97 Å². The van der Waals surface area contributed by atoms with E-state index < -0.39 is 5.97 Å². The molecule has 0 saturated carbocycles. The predicted molar refractivity (Wildman–Crippen MR) is 117 cm³/mol. The third-order valence-corrected chi connectivity index (χ3v) is 5.36. The van der Waals surface area contributed by atoms with E-state index in [0.29, 0.717) is 17.9 Å². The zero-order valence-electron chi connectivity index (χ0n) is 18.0. The fraction of sp³-hybridized carbons (Fsp3) is 0.560. The van der Waals surface area contributed by atoms with E-state index in [9.17, 15) is 9.90 Å². The van der Waals surface area contributed by atoms with Crippen LogP contribution >= 0.6 is 0 Å². The van der Waals surface area contributed by atoms with Gasteiger partial charge in [0.25, 0.3) is 0 Å². The predicted octanol–water partition coefficient (Wildman–Crippen LogP) is 7.55. The lowest BCUT2D eigenvalue weighted by Gasteiger charge is -2.18. The van der Waals surface area contributed by atoms with Crippen LogP contribution in [0.25, 0.3) is 0 Å². The fourth-order valence-corrected chi connectivity index (χ4v) is 3.37. The van der Waals surface area contributed by atoms with Crippen molar-refractivity contribution in [2.45, 2.75) is 86.0 Å². The SMILES string of the molecule is CC(C)=CCC=C(C)C1CC=C(C)CCC=C(C(=O)O)CCC=C(C)CC1. The summed E-state index contributed by atoms with van der Waals surface area (Å²) in [7, 11) is 0. The van der Waals surface area contributed by atoms with Gasteiger partial charge in [0.15, 0.2) is 0 Å². The Morgan fingerprint density at radius 1 is 1.00 bits per heavy atom. The largest absolute Gasteiger partial charge is 0.478 e. The molecule has 0 fully saturated rings. The average Bonchev–Trinajstić information content (AvgIpc) is 2.59. The third-order valence-electron chi connectivity index (χ3n) is 5.36. The van der Waals surface area contributed by atoms with Crippen molar-refractivity contribution in [1.29, 1.82) is 0 Å². The van der Waals surface area contributed by atoms with Gasteiger partial charge in [-0.15, -0.1) is 0 Å². The van der Waals surface area contributed by atoms with Crippen LogP contribution in [0, 0.1) is 5.92 Å².